The summed E-state index contributed by atoms with van der Waals surface area (Å²) < 4.78 is 38.3. The van der Waals surface area contributed by atoms with Crippen molar-refractivity contribution in [1.29, 1.82) is 0 Å². The van der Waals surface area contributed by atoms with Crippen molar-refractivity contribution in [2.45, 2.75) is 18.7 Å². The molecule has 0 saturated carbocycles. The topological polar surface area (TPSA) is 124 Å². The van der Waals surface area contributed by atoms with Crippen molar-refractivity contribution in [3.05, 3.63) is 78.1 Å². The molecule has 10 heteroatoms. The van der Waals surface area contributed by atoms with E-state index in [9.17, 15) is 18.0 Å². The largest absolute Gasteiger partial charge is 0.480 e. The van der Waals surface area contributed by atoms with Crippen LogP contribution in [0.3, 0.4) is 0 Å². The lowest BCUT2D eigenvalue weighted by Crippen LogP contribution is -2.18. The second-order valence-corrected chi connectivity index (χ2v) is 8.60. The highest BCUT2D eigenvalue weighted by atomic mass is 32.2. The summed E-state index contributed by atoms with van der Waals surface area (Å²) >= 11 is 0. The summed E-state index contributed by atoms with van der Waals surface area (Å²) in [6, 6.07) is 14.3. The molecule has 2 aromatic carbocycles. The summed E-state index contributed by atoms with van der Waals surface area (Å²) in [5, 5.41) is 2.72. The van der Waals surface area contributed by atoms with Crippen LogP contribution in [0.15, 0.2) is 71.9 Å². The zero-order valence-electron chi connectivity index (χ0n) is 18.1. The first kappa shape index (κ1) is 23.7. The van der Waals surface area contributed by atoms with Crippen LogP contribution in [0, 0.1) is 6.92 Å². The van der Waals surface area contributed by atoms with E-state index >= 15 is 0 Å². The molecule has 1 amide bonds. The number of carbonyl (C=O) groups excluding carboxylic acids is 2. The number of pyridine rings is 1. The molecule has 172 valence electrons. The average Bonchev–Trinajstić information content (AvgIpc) is 2.79. The average molecular weight is 470 g/mol. The molecule has 1 heterocycles. The Morgan fingerprint density at radius 1 is 1.06 bits per heavy atom. The number of carbonyl (C=O) groups is 2. The quantitative estimate of drug-likeness (QED) is 0.460. The number of esters is 1. The SMILES string of the molecule is CCOC(=O)COc1ccc(NC(=O)c2ccc(C)cc2)cc1NS(=O)(=O)c1cccnc1. The highest BCUT2D eigenvalue weighted by molar-refractivity contribution is 7.92. The van der Waals surface area contributed by atoms with Gasteiger partial charge in [-0.2, -0.15) is 0 Å². The lowest BCUT2D eigenvalue weighted by atomic mass is 10.1. The van der Waals surface area contributed by atoms with Crippen LogP contribution in [-0.4, -0.2) is 38.5 Å². The highest BCUT2D eigenvalue weighted by Crippen LogP contribution is 2.30. The fraction of sp³-hybridized carbons (Fsp3) is 0.174. The number of sulfonamides is 1. The Morgan fingerprint density at radius 3 is 2.48 bits per heavy atom. The molecule has 33 heavy (non-hydrogen) atoms. The molecule has 9 nitrogen and oxygen atoms in total. The third-order valence-corrected chi connectivity index (χ3v) is 5.74. The Bertz CT molecular complexity index is 1230. The summed E-state index contributed by atoms with van der Waals surface area (Å²) in [5.41, 5.74) is 1.82. The van der Waals surface area contributed by atoms with Crippen LogP contribution in [0.2, 0.25) is 0 Å². The molecule has 0 saturated heterocycles. The van der Waals surface area contributed by atoms with Crippen LogP contribution in [0.1, 0.15) is 22.8 Å². The van der Waals surface area contributed by atoms with Crippen LogP contribution >= 0.6 is 0 Å². The fourth-order valence-corrected chi connectivity index (χ4v) is 3.79. The zero-order valence-corrected chi connectivity index (χ0v) is 18.9. The first-order chi connectivity index (χ1) is 15.8. The van der Waals surface area contributed by atoms with Crippen molar-refractivity contribution in [2.75, 3.05) is 23.3 Å². The molecule has 0 unspecified atom stereocenters. The normalized spacial score (nSPS) is 10.8. The lowest BCUT2D eigenvalue weighted by Gasteiger charge is -2.15. The summed E-state index contributed by atoms with van der Waals surface area (Å²) in [7, 11) is -4.01. The highest BCUT2D eigenvalue weighted by Gasteiger charge is 2.19. The van der Waals surface area contributed by atoms with Crippen LogP contribution in [0.4, 0.5) is 11.4 Å². The Hall–Kier alpha value is -3.92. The van der Waals surface area contributed by atoms with Crippen molar-refractivity contribution in [2.24, 2.45) is 0 Å². The van der Waals surface area contributed by atoms with Gasteiger partial charge in [-0.25, -0.2) is 13.2 Å². The van der Waals surface area contributed by atoms with Gasteiger partial charge in [0.1, 0.15) is 10.6 Å². The number of nitrogens with one attached hydrogen (secondary N) is 2. The van der Waals surface area contributed by atoms with Crippen LogP contribution in [-0.2, 0) is 19.6 Å². The third kappa shape index (κ3) is 6.53. The number of amides is 1. The predicted octanol–water partition coefficient (Wildman–Crippen LogP) is 3.39. The smallest absolute Gasteiger partial charge is 0.344 e. The van der Waals surface area contributed by atoms with Crippen LogP contribution in [0.25, 0.3) is 0 Å². The Labute approximate surface area is 191 Å². The first-order valence-corrected chi connectivity index (χ1v) is 11.5. The molecule has 0 bridgehead atoms. The number of anilines is 2. The molecule has 0 aliphatic carbocycles. The van der Waals surface area contributed by atoms with E-state index < -0.39 is 22.6 Å². The molecule has 3 rings (SSSR count). The Morgan fingerprint density at radius 2 is 1.82 bits per heavy atom. The van der Waals surface area contributed by atoms with Gasteiger partial charge >= 0.3 is 5.97 Å². The van der Waals surface area contributed by atoms with Gasteiger partial charge in [-0.15, -0.1) is 0 Å². The van der Waals surface area contributed by atoms with Gasteiger partial charge < -0.3 is 14.8 Å². The predicted molar refractivity (Wildman–Crippen MR) is 123 cm³/mol. The van der Waals surface area contributed by atoms with E-state index in [-0.39, 0.29) is 28.8 Å². The first-order valence-electron chi connectivity index (χ1n) is 10.0. The second-order valence-electron chi connectivity index (χ2n) is 6.92. The monoisotopic (exact) mass is 469 g/mol. The van der Waals surface area contributed by atoms with Crippen molar-refractivity contribution in [3.8, 4) is 5.75 Å². The van der Waals surface area contributed by atoms with E-state index in [2.05, 4.69) is 15.0 Å². The summed E-state index contributed by atoms with van der Waals surface area (Å²) in [5.74, 6) is -0.879. The van der Waals surface area contributed by atoms with Crippen LogP contribution < -0.4 is 14.8 Å². The molecule has 0 spiro atoms. The molecular weight excluding hydrogens is 446 g/mol. The van der Waals surface area contributed by atoms with Crippen molar-refractivity contribution < 1.29 is 27.5 Å². The maximum absolute atomic E-state index is 12.8. The van der Waals surface area contributed by atoms with Crippen molar-refractivity contribution in [1.82, 2.24) is 4.98 Å². The molecule has 1 aromatic heterocycles. The number of aryl methyl sites for hydroxylation is 1. The van der Waals surface area contributed by atoms with Gasteiger partial charge in [0, 0.05) is 23.6 Å². The molecule has 0 aliphatic rings. The fourth-order valence-electron chi connectivity index (χ4n) is 2.77. The summed E-state index contributed by atoms with van der Waals surface area (Å²) in [6.07, 6.45) is 2.65. The van der Waals surface area contributed by atoms with Gasteiger partial charge in [0.05, 0.1) is 12.3 Å². The Kier molecular flexibility index (Phi) is 7.62. The van der Waals surface area contributed by atoms with Gasteiger partial charge in [0.25, 0.3) is 15.9 Å². The van der Waals surface area contributed by atoms with E-state index in [1.54, 1.807) is 19.1 Å². The van der Waals surface area contributed by atoms with Gasteiger partial charge in [-0.1, -0.05) is 17.7 Å². The molecular formula is C23H23N3O6S. The molecule has 2 N–H and O–H groups in total. The molecule has 0 radical (unpaired) electrons. The van der Waals surface area contributed by atoms with E-state index in [1.807, 2.05) is 19.1 Å². The number of ether oxygens (including phenoxy) is 2. The maximum Gasteiger partial charge on any atom is 0.344 e. The number of rotatable bonds is 9. The molecule has 0 fully saturated rings. The van der Waals surface area contributed by atoms with Gasteiger partial charge in [-0.3, -0.25) is 14.5 Å². The third-order valence-electron chi connectivity index (χ3n) is 4.39. The minimum atomic E-state index is -4.01. The molecule has 0 aliphatic heterocycles. The van der Waals surface area contributed by atoms with Crippen molar-refractivity contribution in [3.63, 3.8) is 0 Å². The van der Waals surface area contributed by atoms with E-state index in [0.717, 1.165) is 5.56 Å². The number of hydrogen-bond donors (Lipinski definition) is 2. The maximum atomic E-state index is 12.8. The van der Waals surface area contributed by atoms with Crippen LogP contribution in [0.5, 0.6) is 5.75 Å². The minimum Gasteiger partial charge on any atom is -0.480 e. The van der Waals surface area contributed by atoms with Crippen molar-refractivity contribution >= 4 is 33.3 Å². The van der Waals surface area contributed by atoms with Gasteiger partial charge in [0.15, 0.2) is 6.61 Å². The van der Waals surface area contributed by atoms with E-state index in [0.29, 0.717) is 11.3 Å². The van der Waals surface area contributed by atoms with E-state index in [4.69, 9.17) is 9.47 Å². The number of nitrogens with zero attached hydrogens (tertiary/aromatic N) is 1. The van der Waals surface area contributed by atoms with Gasteiger partial charge in [-0.05, 0) is 56.3 Å². The standard InChI is InChI=1S/C23H23N3O6S/c1-3-31-22(27)15-32-21-11-10-18(25-23(28)17-8-6-16(2)7-9-17)13-20(21)26-33(29,30)19-5-4-12-24-14-19/h4-14,26H,3,15H2,1-2H3,(H,25,28). The number of benzene rings is 2. The lowest BCUT2D eigenvalue weighted by molar-refractivity contribution is -0.145. The second kappa shape index (κ2) is 10.6. The van der Waals surface area contributed by atoms with Gasteiger partial charge in [0.2, 0.25) is 0 Å². The number of hydrogen-bond acceptors (Lipinski definition) is 7. The molecule has 0 atom stereocenters. The number of aromatic nitrogens is 1. The minimum absolute atomic E-state index is 0.0323. The summed E-state index contributed by atoms with van der Waals surface area (Å²) in [4.78, 5) is 28.0. The Balaban J connectivity index is 1.88. The van der Waals surface area contributed by atoms with E-state index in [1.165, 1.54) is 42.7 Å². The zero-order chi connectivity index (χ0) is 23.8. The molecule has 3 aromatic rings. The summed E-state index contributed by atoms with van der Waals surface area (Å²) in [6.45, 7) is 3.35.